The molecule has 0 bridgehead atoms. The monoisotopic (exact) mass is 315 g/mol. The van der Waals surface area contributed by atoms with Gasteiger partial charge in [0.05, 0.1) is 6.54 Å². The predicted molar refractivity (Wildman–Crippen MR) is 83.1 cm³/mol. The highest BCUT2D eigenvalue weighted by Gasteiger charge is 2.11. The second-order valence-electron chi connectivity index (χ2n) is 4.75. The largest absolute Gasteiger partial charge is 0.484 e. The third kappa shape index (κ3) is 5.31. The lowest BCUT2D eigenvalue weighted by Gasteiger charge is -2.15. The minimum absolute atomic E-state index is 0.140. The van der Waals surface area contributed by atoms with Crippen LogP contribution in [0.2, 0.25) is 0 Å². The molecule has 0 aliphatic carbocycles. The van der Waals surface area contributed by atoms with Crippen LogP contribution in [0.1, 0.15) is 0 Å². The van der Waals surface area contributed by atoms with Gasteiger partial charge in [-0.2, -0.15) is 0 Å². The summed E-state index contributed by atoms with van der Waals surface area (Å²) in [5.74, 6) is 0.700. The number of hydrogen-bond acceptors (Lipinski definition) is 5. The number of carbonyl (C=O) groups is 2. The number of nitrogens with two attached hydrogens (primary N) is 1. The highest BCUT2D eigenvalue weighted by Crippen LogP contribution is 2.22. The average molecular weight is 315 g/mol. The van der Waals surface area contributed by atoms with Crippen molar-refractivity contribution in [2.75, 3.05) is 20.2 Å². The lowest BCUT2D eigenvalue weighted by molar-refractivity contribution is -0.135. The summed E-state index contributed by atoms with van der Waals surface area (Å²) in [6.45, 7) is -0.316. The molecule has 2 amide bonds. The lowest BCUT2D eigenvalue weighted by atomic mass is 10.3. The van der Waals surface area contributed by atoms with Crippen molar-refractivity contribution in [2.24, 2.45) is 5.73 Å². The zero-order valence-corrected chi connectivity index (χ0v) is 12.6. The smallest absolute Gasteiger partial charge is 0.260 e. The molecule has 1 aromatic heterocycles. The SMILES string of the molecule is CN(CC(N)=O)C(=O)COc1ccc(Oc2ccccn2)cc1. The zero-order chi connectivity index (χ0) is 16.7. The summed E-state index contributed by atoms with van der Waals surface area (Å²) in [7, 11) is 1.49. The third-order valence-electron chi connectivity index (χ3n) is 2.86. The Kier molecular flexibility index (Phi) is 5.51. The molecule has 0 radical (unpaired) electrons. The fourth-order valence-electron chi connectivity index (χ4n) is 1.71. The van der Waals surface area contributed by atoms with Crippen molar-refractivity contribution in [3.63, 3.8) is 0 Å². The first-order chi connectivity index (χ1) is 11.0. The van der Waals surface area contributed by atoms with Gasteiger partial charge in [-0.1, -0.05) is 6.07 Å². The summed E-state index contributed by atoms with van der Waals surface area (Å²) in [6, 6.07) is 12.2. The first-order valence-electron chi connectivity index (χ1n) is 6.88. The van der Waals surface area contributed by atoms with Crippen molar-refractivity contribution < 1.29 is 19.1 Å². The molecule has 1 heterocycles. The minimum atomic E-state index is -0.572. The number of amides is 2. The summed E-state index contributed by atoms with van der Waals surface area (Å²) in [5.41, 5.74) is 5.03. The predicted octanol–water partition coefficient (Wildman–Crippen LogP) is 1.20. The van der Waals surface area contributed by atoms with Gasteiger partial charge in [0.2, 0.25) is 11.8 Å². The Labute approximate surface area is 133 Å². The fourth-order valence-corrected chi connectivity index (χ4v) is 1.71. The van der Waals surface area contributed by atoms with Crippen LogP contribution in [0.15, 0.2) is 48.7 Å². The van der Waals surface area contributed by atoms with Gasteiger partial charge in [0.15, 0.2) is 6.61 Å². The van der Waals surface area contributed by atoms with Crippen LogP contribution in [0.5, 0.6) is 17.4 Å². The van der Waals surface area contributed by atoms with Crippen LogP contribution in [-0.2, 0) is 9.59 Å². The van der Waals surface area contributed by atoms with Crippen molar-refractivity contribution in [1.29, 1.82) is 0 Å². The number of rotatable bonds is 7. The summed E-state index contributed by atoms with van der Waals surface area (Å²) in [4.78, 5) is 27.7. The van der Waals surface area contributed by atoms with E-state index >= 15 is 0 Å². The van der Waals surface area contributed by atoms with Gasteiger partial charge in [0, 0.05) is 19.3 Å². The first-order valence-corrected chi connectivity index (χ1v) is 6.88. The van der Waals surface area contributed by atoms with E-state index in [0.29, 0.717) is 17.4 Å². The fraction of sp³-hybridized carbons (Fsp3) is 0.188. The zero-order valence-electron chi connectivity index (χ0n) is 12.6. The minimum Gasteiger partial charge on any atom is -0.484 e. The van der Waals surface area contributed by atoms with E-state index < -0.39 is 5.91 Å². The van der Waals surface area contributed by atoms with Crippen LogP contribution in [0.3, 0.4) is 0 Å². The molecule has 7 nitrogen and oxygen atoms in total. The van der Waals surface area contributed by atoms with Gasteiger partial charge >= 0.3 is 0 Å². The topological polar surface area (TPSA) is 94.8 Å². The Morgan fingerprint density at radius 2 is 1.83 bits per heavy atom. The van der Waals surface area contributed by atoms with Crippen molar-refractivity contribution in [1.82, 2.24) is 9.88 Å². The van der Waals surface area contributed by atoms with Gasteiger partial charge in [0.25, 0.3) is 5.91 Å². The van der Waals surface area contributed by atoms with Gasteiger partial charge in [-0.25, -0.2) is 4.98 Å². The average Bonchev–Trinajstić information content (AvgIpc) is 2.54. The molecular weight excluding hydrogens is 298 g/mol. The molecule has 7 heteroatoms. The normalized spacial score (nSPS) is 9.96. The quantitative estimate of drug-likeness (QED) is 0.828. The number of primary amides is 1. The molecule has 0 spiro atoms. The number of likely N-dealkylation sites (N-methyl/N-ethyl adjacent to an activating group) is 1. The van der Waals surface area contributed by atoms with Gasteiger partial charge < -0.3 is 20.1 Å². The number of aromatic nitrogens is 1. The van der Waals surface area contributed by atoms with Gasteiger partial charge in [-0.05, 0) is 30.3 Å². The van der Waals surface area contributed by atoms with E-state index in [9.17, 15) is 9.59 Å². The van der Waals surface area contributed by atoms with Crippen LogP contribution in [0.4, 0.5) is 0 Å². The molecule has 2 N–H and O–H groups in total. The van der Waals surface area contributed by atoms with Crippen molar-refractivity contribution >= 4 is 11.8 Å². The molecule has 0 unspecified atom stereocenters. The molecule has 0 aliphatic heterocycles. The standard InChI is InChI=1S/C16H17N3O4/c1-19(10-14(17)20)16(21)11-22-12-5-7-13(8-6-12)23-15-4-2-3-9-18-15/h2-9H,10-11H2,1H3,(H2,17,20). The Bertz CT molecular complexity index is 659. The van der Waals surface area contributed by atoms with E-state index in [1.54, 1.807) is 42.6 Å². The van der Waals surface area contributed by atoms with Crippen LogP contribution < -0.4 is 15.2 Å². The molecule has 0 aliphatic rings. The highest BCUT2D eigenvalue weighted by atomic mass is 16.5. The molecule has 120 valence electrons. The molecule has 23 heavy (non-hydrogen) atoms. The summed E-state index contributed by atoms with van der Waals surface area (Å²) in [6.07, 6.45) is 1.64. The maximum absolute atomic E-state index is 11.7. The Balaban J connectivity index is 1.85. The second-order valence-corrected chi connectivity index (χ2v) is 4.75. The molecule has 2 aromatic rings. The van der Waals surface area contributed by atoms with Crippen LogP contribution in [0, 0.1) is 0 Å². The highest BCUT2D eigenvalue weighted by molar-refractivity contribution is 5.84. The van der Waals surface area contributed by atoms with Crippen molar-refractivity contribution in [3.8, 4) is 17.4 Å². The van der Waals surface area contributed by atoms with Crippen molar-refractivity contribution in [2.45, 2.75) is 0 Å². The molecule has 1 aromatic carbocycles. The second kappa shape index (κ2) is 7.79. The first kappa shape index (κ1) is 16.3. The molecule has 0 atom stereocenters. The summed E-state index contributed by atoms with van der Waals surface area (Å²) < 4.78 is 10.9. The number of pyridine rings is 1. The molecular formula is C16H17N3O4. The van der Waals surface area contributed by atoms with Crippen molar-refractivity contribution in [3.05, 3.63) is 48.7 Å². The molecule has 2 rings (SSSR count). The number of benzene rings is 1. The Morgan fingerprint density at radius 1 is 1.13 bits per heavy atom. The van der Waals surface area contributed by atoms with E-state index in [1.165, 1.54) is 11.9 Å². The maximum atomic E-state index is 11.7. The maximum Gasteiger partial charge on any atom is 0.260 e. The van der Waals surface area contributed by atoms with Crippen LogP contribution in [-0.4, -0.2) is 41.9 Å². The van der Waals surface area contributed by atoms with E-state index in [2.05, 4.69) is 4.98 Å². The van der Waals surface area contributed by atoms with Crippen LogP contribution >= 0.6 is 0 Å². The number of ether oxygens (including phenoxy) is 2. The van der Waals surface area contributed by atoms with Gasteiger partial charge in [-0.15, -0.1) is 0 Å². The molecule has 0 saturated carbocycles. The summed E-state index contributed by atoms with van der Waals surface area (Å²) >= 11 is 0. The lowest BCUT2D eigenvalue weighted by Crippen LogP contribution is -2.38. The number of hydrogen-bond donors (Lipinski definition) is 1. The molecule has 0 fully saturated rings. The number of carbonyl (C=O) groups excluding carboxylic acids is 2. The third-order valence-corrected chi connectivity index (χ3v) is 2.86. The molecule has 0 saturated heterocycles. The Hall–Kier alpha value is -3.09. The number of nitrogens with zero attached hydrogens (tertiary/aromatic N) is 2. The van der Waals surface area contributed by atoms with Crippen LogP contribution in [0.25, 0.3) is 0 Å². The Morgan fingerprint density at radius 3 is 2.43 bits per heavy atom. The van der Waals surface area contributed by atoms with E-state index in [0.717, 1.165) is 0 Å². The van der Waals surface area contributed by atoms with Gasteiger partial charge in [0.1, 0.15) is 11.5 Å². The summed E-state index contributed by atoms with van der Waals surface area (Å²) in [5, 5.41) is 0. The van der Waals surface area contributed by atoms with Gasteiger partial charge in [-0.3, -0.25) is 9.59 Å². The van der Waals surface area contributed by atoms with E-state index in [4.69, 9.17) is 15.2 Å². The van der Waals surface area contributed by atoms with E-state index in [-0.39, 0.29) is 19.1 Å². The van der Waals surface area contributed by atoms with E-state index in [1.807, 2.05) is 6.07 Å².